The van der Waals surface area contributed by atoms with Gasteiger partial charge in [-0.3, -0.25) is 9.69 Å². The molecule has 0 aliphatic heterocycles. The van der Waals surface area contributed by atoms with Crippen molar-refractivity contribution in [3.05, 3.63) is 29.6 Å². The Bertz CT molecular complexity index is 388. The third-order valence-electron chi connectivity index (χ3n) is 2.58. The van der Waals surface area contributed by atoms with Crippen LogP contribution in [-0.2, 0) is 11.3 Å². The van der Waals surface area contributed by atoms with E-state index in [2.05, 4.69) is 0 Å². The summed E-state index contributed by atoms with van der Waals surface area (Å²) in [7, 11) is 1.66. The van der Waals surface area contributed by atoms with Gasteiger partial charge in [0.05, 0.1) is 0 Å². The Labute approximate surface area is 99.3 Å². The van der Waals surface area contributed by atoms with E-state index in [0.717, 1.165) is 6.07 Å². The fourth-order valence-corrected chi connectivity index (χ4v) is 1.80. The van der Waals surface area contributed by atoms with Crippen LogP contribution in [0.3, 0.4) is 0 Å². The zero-order valence-corrected chi connectivity index (χ0v) is 9.85. The summed E-state index contributed by atoms with van der Waals surface area (Å²) in [6, 6.07) is 3.11. The molecule has 0 amide bonds. The van der Waals surface area contributed by atoms with Gasteiger partial charge in [-0.25, -0.2) is 4.39 Å². The van der Waals surface area contributed by atoms with Crippen LogP contribution in [0.5, 0.6) is 5.75 Å². The van der Waals surface area contributed by atoms with Gasteiger partial charge in [0.1, 0.15) is 17.6 Å². The number of likely N-dealkylation sites (N-methyl/N-ethyl adjacent to an activating group) is 1. The normalized spacial score (nSPS) is 12.7. The maximum absolute atomic E-state index is 13.0. The second kappa shape index (κ2) is 5.63. The number of nitrogens with zero attached hydrogens (tertiary/aromatic N) is 1. The molecule has 1 aromatic carbocycles. The number of halogens is 1. The van der Waals surface area contributed by atoms with E-state index in [9.17, 15) is 14.3 Å². The molecule has 0 radical (unpaired) electrons. The van der Waals surface area contributed by atoms with Gasteiger partial charge < -0.3 is 10.2 Å². The van der Waals surface area contributed by atoms with Crippen molar-refractivity contribution in [3.63, 3.8) is 0 Å². The van der Waals surface area contributed by atoms with Gasteiger partial charge in [0, 0.05) is 12.6 Å². The van der Waals surface area contributed by atoms with Crippen LogP contribution in [0.1, 0.15) is 18.9 Å². The van der Waals surface area contributed by atoms with Crippen LogP contribution in [0.25, 0.3) is 0 Å². The highest BCUT2D eigenvalue weighted by Gasteiger charge is 2.20. The van der Waals surface area contributed by atoms with Gasteiger partial charge in [-0.2, -0.15) is 0 Å². The number of hydrogen-bond donors (Lipinski definition) is 2. The number of benzene rings is 1. The molecule has 1 aromatic rings. The topological polar surface area (TPSA) is 60.8 Å². The van der Waals surface area contributed by atoms with Crippen molar-refractivity contribution in [2.24, 2.45) is 0 Å². The third-order valence-corrected chi connectivity index (χ3v) is 2.58. The maximum atomic E-state index is 13.0. The SMILES string of the molecule is CCC(C(=O)O)N(C)Cc1cc(O)cc(F)c1. The lowest BCUT2D eigenvalue weighted by Crippen LogP contribution is -2.37. The van der Waals surface area contributed by atoms with Gasteiger partial charge >= 0.3 is 5.97 Å². The van der Waals surface area contributed by atoms with Gasteiger partial charge in [0.25, 0.3) is 0 Å². The average molecular weight is 241 g/mol. The highest BCUT2D eigenvalue weighted by Crippen LogP contribution is 2.17. The molecule has 0 spiro atoms. The molecule has 5 heteroatoms. The average Bonchev–Trinajstić information content (AvgIpc) is 2.15. The molecule has 0 aliphatic rings. The maximum Gasteiger partial charge on any atom is 0.320 e. The largest absolute Gasteiger partial charge is 0.508 e. The number of aliphatic carboxylic acids is 1. The molecule has 2 N–H and O–H groups in total. The first-order chi connectivity index (χ1) is 7.93. The zero-order chi connectivity index (χ0) is 13.0. The van der Waals surface area contributed by atoms with Crippen LogP contribution in [0.15, 0.2) is 18.2 Å². The van der Waals surface area contributed by atoms with Crippen LogP contribution >= 0.6 is 0 Å². The first-order valence-electron chi connectivity index (χ1n) is 5.35. The number of phenols is 1. The molecule has 0 aliphatic carbocycles. The van der Waals surface area contributed by atoms with Crippen molar-refractivity contribution < 1.29 is 19.4 Å². The third kappa shape index (κ3) is 3.71. The van der Waals surface area contributed by atoms with Gasteiger partial charge in [-0.1, -0.05) is 6.92 Å². The number of hydrogen-bond acceptors (Lipinski definition) is 3. The van der Waals surface area contributed by atoms with Crippen LogP contribution < -0.4 is 0 Å². The number of carboxylic acids is 1. The van der Waals surface area contributed by atoms with Crippen molar-refractivity contribution in [1.82, 2.24) is 4.90 Å². The first-order valence-corrected chi connectivity index (χ1v) is 5.35. The second-order valence-electron chi connectivity index (χ2n) is 4.00. The molecule has 1 unspecified atom stereocenters. The van der Waals surface area contributed by atoms with Crippen molar-refractivity contribution in [3.8, 4) is 5.75 Å². The van der Waals surface area contributed by atoms with E-state index in [1.807, 2.05) is 0 Å². The van der Waals surface area contributed by atoms with Gasteiger partial charge in [0.2, 0.25) is 0 Å². The molecule has 0 bridgehead atoms. The Morgan fingerprint density at radius 1 is 1.47 bits per heavy atom. The summed E-state index contributed by atoms with van der Waals surface area (Å²) in [4.78, 5) is 12.5. The second-order valence-corrected chi connectivity index (χ2v) is 4.00. The number of aromatic hydroxyl groups is 1. The van der Waals surface area contributed by atoms with E-state index in [-0.39, 0.29) is 12.3 Å². The van der Waals surface area contributed by atoms with Crippen molar-refractivity contribution in [1.29, 1.82) is 0 Å². The molecule has 0 fully saturated rings. The van der Waals surface area contributed by atoms with Crippen molar-refractivity contribution in [2.75, 3.05) is 7.05 Å². The zero-order valence-electron chi connectivity index (χ0n) is 9.85. The molecule has 0 saturated carbocycles. The molecule has 1 atom stereocenters. The van der Waals surface area contributed by atoms with Crippen LogP contribution in [0.4, 0.5) is 4.39 Å². The molecule has 17 heavy (non-hydrogen) atoms. The van der Waals surface area contributed by atoms with E-state index >= 15 is 0 Å². The first kappa shape index (κ1) is 13.4. The fourth-order valence-electron chi connectivity index (χ4n) is 1.80. The smallest absolute Gasteiger partial charge is 0.320 e. The van der Waals surface area contributed by atoms with Crippen molar-refractivity contribution >= 4 is 5.97 Å². The summed E-state index contributed by atoms with van der Waals surface area (Å²) < 4.78 is 13.0. The lowest BCUT2D eigenvalue weighted by molar-refractivity contribution is -0.143. The summed E-state index contributed by atoms with van der Waals surface area (Å²) in [5.74, 6) is -1.59. The molecular weight excluding hydrogens is 225 g/mol. The number of carbonyl (C=O) groups is 1. The lowest BCUT2D eigenvalue weighted by atomic mass is 10.1. The molecule has 0 aromatic heterocycles. The predicted molar refractivity (Wildman–Crippen MR) is 61.2 cm³/mol. The Morgan fingerprint density at radius 3 is 2.59 bits per heavy atom. The van der Waals surface area contributed by atoms with Gasteiger partial charge in [0.15, 0.2) is 0 Å². The minimum Gasteiger partial charge on any atom is -0.508 e. The van der Waals surface area contributed by atoms with Crippen LogP contribution in [0, 0.1) is 5.82 Å². The quantitative estimate of drug-likeness (QED) is 0.825. The Balaban J connectivity index is 2.79. The van der Waals surface area contributed by atoms with Gasteiger partial charge in [-0.05, 0) is 31.2 Å². The van der Waals surface area contributed by atoms with E-state index in [1.165, 1.54) is 12.1 Å². The number of phenolic OH excluding ortho intramolecular Hbond substituents is 1. The Hall–Kier alpha value is -1.62. The van der Waals surface area contributed by atoms with Crippen LogP contribution in [-0.4, -0.2) is 34.2 Å². The Morgan fingerprint density at radius 2 is 2.12 bits per heavy atom. The van der Waals surface area contributed by atoms with Gasteiger partial charge in [-0.15, -0.1) is 0 Å². The molecular formula is C12H16FNO3. The van der Waals surface area contributed by atoms with Crippen molar-refractivity contribution in [2.45, 2.75) is 25.9 Å². The Kier molecular flexibility index (Phi) is 4.45. The molecule has 94 valence electrons. The highest BCUT2D eigenvalue weighted by molar-refractivity contribution is 5.73. The minimum absolute atomic E-state index is 0.156. The van der Waals surface area contributed by atoms with E-state index < -0.39 is 17.8 Å². The van der Waals surface area contributed by atoms with E-state index in [0.29, 0.717) is 12.0 Å². The minimum atomic E-state index is -0.907. The standard InChI is InChI=1S/C12H16FNO3/c1-3-11(12(16)17)14(2)7-8-4-9(13)6-10(15)5-8/h4-6,11,15H,3,7H2,1-2H3,(H,16,17). The van der Waals surface area contributed by atoms with E-state index in [1.54, 1.807) is 18.9 Å². The van der Waals surface area contributed by atoms with E-state index in [4.69, 9.17) is 5.11 Å². The highest BCUT2D eigenvalue weighted by atomic mass is 19.1. The molecule has 1 rings (SSSR count). The lowest BCUT2D eigenvalue weighted by Gasteiger charge is -2.23. The fraction of sp³-hybridized carbons (Fsp3) is 0.417. The summed E-state index contributed by atoms with van der Waals surface area (Å²) in [6.45, 7) is 2.05. The predicted octanol–water partition coefficient (Wildman–Crippen LogP) is 1.83. The monoisotopic (exact) mass is 241 g/mol. The summed E-state index contributed by atoms with van der Waals surface area (Å²) in [5.41, 5.74) is 0.546. The van der Waals surface area contributed by atoms with Crippen LogP contribution in [0.2, 0.25) is 0 Å². The summed E-state index contributed by atoms with van der Waals surface area (Å²) in [5, 5.41) is 18.2. The summed E-state index contributed by atoms with van der Waals surface area (Å²) >= 11 is 0. The molecule has 0 heterocycles. The summed E-state index contributed by atoms with van der Waals surface area (Å²) in [6.07, 6.45) is 0.465. The molecule has 0 saturated heterocycles. The number of carboxylic acid groups (broad SMARTS) is 1. The number of rotatable bonds is 5. The molecule has 4 nitrogen and oxygen atoms in total.